The average Bonchev–Trinajstić information content (AvgIpc) is 3.46. The maximum Gasteiger partial charge on any atom is 0.328 e. The number of carboxylic acids is 2. The summed E-state index contributed by atoms with van der Waals surface area (Å²) in [4.78, 5) is 24.2. The minimum absolute atomic E-state index is 0.558. The van der Waals surface area contributed by atoms with Crippen LogP contribution in [0.25, 0.3) is 0 Å². The number of methoxy groups -OCH3 is 2. The number of carboxylic acid groups (broad SMARTS) is 2. The number of nitrogens with zero attached hydrogens (tertiary/aromatic N) is 2. The first kappa shape index (κ1) is 28.1. The molecule has 0 atom stereocenters. The largest absolute Gasteiger partial charge is 0.493 e. The van der Waals surface area contributed by atoms with Crippen LogP contribution in [0, 0.1) is 0 Å². The molecule has 1 heterocycles. The molecular formula is C29H38N2O6. The number of ether oxygens (including phenoxy) is 2. The molecule has 1 aliphatic heterocycles. The van der Waals surface area contributed by atoms with Gasteiger partial charge < -0.3 is 24.6 Å². The fraction of sp³-hybridized carbons (Fsp3) is 0.448. The smallest absolute Gasteiger partial charge is 0.328 e. The van der Waals surface area contributed by atoms with E-state index in [0.29, 0.717) is 12.2 Å². The van der Waals surface area contributed by atoms with Crippen LogP contribution in [0.4, 0.5) is 5.69 Å². The molecule has 0 bridgehead atoms. The Morgan fingerprint density at radius 2 is 1.46 bits per heavy atom. The van der Waals surface area contributed by atoms with Crippen molar-refractivity contribution in [3.05, 3.63) is 65.7 Å². The highest BCUT2D eigenvalue weighted by Gasteiger charge is 2.19. The van der Waals surface area contributed by atoms with Gasteiger partial charge >= 0.3 is 11.9 Å². The summed E-state index contributed by atoms with van der Waals surface area (Å²) in [6, 6.07) is 15.7. The predicted octanol–water partition coefficient (Wildman–Crippen LogP) is 4.44. The predicted molar refractivity (Wildman–Crippen MR) is 144 cm³/mol. The van der Waals surface area contributed by atoms with Crippen molar-refractivity contribution in [1.82, 2.24) is 4.90 Å². The van der Waals surface area contributed by atoms with Gasteiger partial charge in [0.15, 0.2) is 11.5 Å². The average molecular weight is 511 g/mol. The van der Waals surface area contributed by atoms with Crippen molar-refractivity contribution in [3.63, 3.8) is 0 Å². The molecule has 1 saturated carbocycles. The Balaban J connectivity index is 0.000000414. The van der Waals surface area contributed by atoms with Crippen LogP contribution in [0.2, 0.25) is 0 Å². The number of anilines is 1. The Bertz CT molecular complexity index is 1020. The van der Waals surface area contributed by atoms with E-state index >= 15 is 0 Å². The Hall–Kier alpha value is -3.52. The highest BCUT2D eigenvalue weighted by Crippen LogP contribution is 2.34. The lowest BCUT2D eigenvalue weighted by atomic mass is 9.97. The van der Waals surface area contributed by atoms with Crippen LogP contribution in [-0.2, 0) is 16.0 Å². The molecule has 1 aliphatic carbocycles. The number of hydrogen-bond donors (Lipinski definition) is 2. The monoisotopic (exact) mass is 510 g/mol. The summed E-state index contributed by atoms with van der Waals surface area (Å²) in [5.41, 5.74) is 4.22. The molecule has 0 aromatic heterocycles. The van der Waals surface area contributed by atoms with Crippen LogP contribution >= 0.6 is 0 Å². The van der Waals surface area contributed by atoms with E-state index in [1.807, 2.05) is 6.07 Å². The molecule has 4 rings (SSSR count). The zero-order valence-corrected chi connectivity index (χ0v) is 21.8. The fourth-order valence-electron chi connectivity index (χ4n) is 4.91. The topological polar surface area (TPSA) is 99.5 Å². The first-order chi connectivity index (χ1) is 17.9. The van der Waals surface area contributed by atoms with Gasteiger partial charge in [0, 0.05) is 50.6 Å². The Labute approximate surface area is 219 Å². The highest BCUT2D eigenvalue weighted by atomic mass is 16.5. The molecule has 2 aromatic carbocycles. The molecule has 0 radical (unpaired) electrons. The third-order valence-corrected chi connectivity index (χ3v) is 6.99. The molecule has 0 spiro atoms. The summed E-state index contributed by atoms with van der Waals surface area (Å²) in [5.74, 6) is -0.100. The van der Waals surface area contributed by atoms with Gasteiger partial charge in [0.05, 0.1) is 14.2 Å². The fourth-order valence-corrected chi connectivity index (χ4v) is 4.91. The number of aliphatic carboxylic acids is 2. The van der Waals surface area contributed by atoms with E-state index < -0.39 is 11.9 Å². The van der Waals surface area contributed by atoms with Crippen molar-refractivity contribution in [3.8, 4) is 11.5 Å². The first-order valence-corrected chi connectivity index (χ1v) is 12.8. The molecule has 1 saturated heterocycles. The van der Waals surface area contributed by atoms with Gasteiger partial charge in [-0.25, -0.2) is 9.59 Å². The Kier molecular flexibility index (Phi) is 10.8. The highest BCUT2D eigenvalue weighted by molar-refractivity contribution is 5.89. The van der Waals surface area contributed by atoms with Crippen molar-refractivity contribution < 1.29 is 29.3 Å². The minimum Gasteiger partial charge on any atom is -0.493 e. The Morgan fingerprint density at radius 1 is 0.865 bits per heavy atom. The molecule has 2 aromatic rings. The van der Waals surface area contributed by atoms with Crippen LogP contribution in [0.15, 0.2) is 54.6 Å². The third-order valence-electron chi connectivity index (χ3n) is 6.99. The summed E-state index contributed by atoms with van der Waals surface area (Å²) >= 11 is 0. The number of carbonyl (C=O) groups is 2. The molecule has 200 valence electrons. The standard InChI is InChI=1S/C25H34N2O2.C4H4O4/c1-28-24-12-7-20(19-25(24)29-2)13-14-26-15-17-27(18-16-26)23-10-8-22(9-11-23)21-5-3-4-6-21;5-3(6)1-2-4(7)8/h7-12,19,21H,3-6,13-18H2,1-2H3;1-2H,(H,5,6)(H,7,8)/b;2-1-. The molecule has 8 nitrogen and oxygen atoms in total. The third kappa shape index (κ3) is 8.82. The lowest BCUT2D eigenvalue weighted by Crippen LogP contribution is -2.47. The molecule has 37 heavy (non-hydrogen) atoms. The number of piperazine rings is 1. The number of benzene rings is 2. The van der Waals surface area contributed by atoms with Gasteiger partial charge in [-0.15, -0.1) is 0 Å². The first-order valence-electron chi connectivity index (χ1n) is 12.8. The molecule has 2 aliphatic rings. The van der Waals surface area contributed by atoms with Gasteiger partial charge in [-0.2, -0.15) is 0 Å². The van der Waals surface area contributed by atoms with Crippen LogP contribution in [-0.4, -0.2) is 74.0 Å². The van der Waals surface area contributed by atoms with E-state index in [1.165, 1.54) is 36.9 Å². The van der Waals surface area contributed by atoms with Crippen molar-refractivity contribution in [2.24, 2.45) is 0 Å². The van der Waals surface area contributed by atoms with Gasteiger partial charge in [-0.3, -0.25) is 4.90 Å². The van der Waals surface area contributed by atoms with Crippen LogP contribution in [0.1, 0.15) is 42.7 Å². The van der Waals surface area contributed by atoms with E-state index in [9.17, 15) is 9.59 Å². The molecule has 8 heteroatoms. The van der Waals surface area contributed by atoms with E-state index in [1.54, 1.807) is 19.8 Å². The molecule has 0 amide bonds. The van der Waals surface area contributed by atoms with E-state index in [2.05, 4.69) is 46.2 Å². The second-order valence-corrected chi connectivity index (χ2v) is 9.35. The Morgan fingerprint density at radius 3 is 2.00 bits per heavy atom. The van der Waals surface area contributed by atoms with Gasteiger partial charge in [0.25, 0.3) is 0 Å². The number of hydrogen-bond acceptors (Lipinski definition) is 6. The lowest BCUT2D eigenvalue weighted by molar-refractivity contribution is -0.134. The molecule has 0 unspecified atom stereocenters. The van der Waals surface area contributed by atoms with Gasteiger partial charge in [-0.05, 0) is 60.6 Å². The quantitative estimate of drug-likeness (QED) is 0.478. The second-order valence-electron chi connectivity index (χ2n) is 9.35. The van der Waals surface area contributed by atoms with Crippen molar-refractivity contribution >= 4 is 17.6 Å². The zero-order chi connectivity index (χ0) is 26.6. The van der Waals surface area contributed by atoms with Crippen LogP contribution in [0.3, 0.4) is 0 Å². The summed E-state index contributed by atoms with van der Waals surface area (Å²) in [6.07, 6.45) is 7.70. The normalized spacial score (nSPS) is 16.3. The van der Waals surface area contributed by atoms with Crippen molar-refractivity contribution in [1.29, 1.82) is 0 Å². The van der Waals surface area contributed by atoms with E-state index in [0.717, 1.165) is 56.6 Å². The zero-order valence-electron chi connectivity index (χ0n) is 21.8. The van der Waals surface area contributed by atoms with Gasteiger partial charge in [0.2, 0.25) is 0 Å². The SMILES string of the molecule is COc1ccc(CCN2CCN(c3ccc(C4CCCC4)cc3)CC2)cc1OC.O=C(O)/C=C\C(=O)O. The minimum atomic E-state index is -1.26. The van der Waals surface area contributed by atoms with Crippen molar-refractivity contribution in [2.45, 2.75) is 38.0 Å². The molecule has 2 fully saturated rings. The summed E-state index contributed by atoms with van der Waals surface area (Å²) < 4.78 is 10.8. The van der Waals surface area contributed by atoms with Crippen molar-refractivity contribution in [2.75, 3.05) is 51.8 Å². The maximum atomic E-state index is 9.55. The van der Waals surface area contributed by atoms with Gasteiger partial charge in [-0.1, -0.05) is 31.0 Å². The number of rotatable bonds is 9. The van der Waals surface area contributed by atoms with E-state index in [-0.39, 0.29) is 0 Å². The van der Waals surface area contributed by atoms with Crippen LogP contribution in [0.5, 0.6) is 11.5 Å². The van der Waals surface area contributed by atoms with Gasteiger partial charge in [0.1, 0.15) is 0 Å². The summed E-state index contributed by atoms with van der Waals surface area (Å²) in [7, 11) is 3.38. The maximum absolute atomic E-state index is 9.55. The molecule has 2 N–H and O–H groups in total. The van der Waals surface area contributed by atoms with Crippen LogP contribution < -0.4 is 14.4 Å². The second kappa shape index (κ2) is 14.3. The summed E-state index contributed by atoms with van der Waals surface area (Å²) in [5, 5.41) is 15.6. The lowest BCUT2D eigenvalue weighted by Gasteiger charge is -2.36. The summed E-state index contributed by atoms with van der Waals surface area (Å²) in [6.45, 7) is 5.54. The van der Waals surface area contributed by atoms with E-state index in [4.69, 9.17) is 19.7 Å². The molecular weight excluding hydrogens is 472 g/mol.